The van der Waals surface area contributed by atoms with Crippen LogP contribution in [0.2, 0.25) is 0 Å². The Balaban J connectivity index is 2.12. The highest BCUT2D eigenvalue weighted by molar-refractivity contribution is 5.50. The quantitative estimate of drug-likeness (QED) is 0.629. The SMILES string of the molecule is c1cc2c(c([C@H]3CN3)c1)OCO2. The summed E-state index contributed by atoms with van der Waals surface area (Å²) in [6, 6.07) is 6.51. The fraction of sp³-hybridized carbons (Fsp3) is 0.333. The van der Waals surface area contributed by atoms with E-state index in [2.05, 4.69) is 11.4 Å². The van der Waals surface area contributed by atoms with Crippen LogP contribution in [0.4, 0.5) is 0 Å². The van der Waals surface area contributed by atoms with Crippen LogP contribution >= 0.6 is 0 Å². The Kier molecular flexibility index (Phi) is 1.12. The van der Waals surface area contributed by atoms with Crippen molar-refractivity contribution < 1.29 is 9.47 Å². The van der Waals surface area contributed by atoms with E-state index in [-0.39, 0.29) is 0 Å². The molecule has 0 unspecified atom stereocenters. The first-order valence-corrected chi connectivity index (χ1v) is 4.07. The molecule has 2 aliphatic heterocycles. The number of ether oxygens (including phenoxy) is 2. The Morgan fingerprint density at radius 1 is 1.33 bits per heavy atom. The molecule has 0 aliphatic carbocycles. The van der Waals surface area contributed by atoms with Gasteiger partial charge >= 0.3 is 0 Å². The van der Waals surface area contributed by atoms with Crippen molar-refractivity contribution in [2.24, 2.45) is 0 Å². The smallest absolute Gasteiger partial charge is 0.231 e. The molecular formula is C9H9NO2. The third-order valence-corrected chi connectivity index (χ3v) is 2.21. The van der Waals surface area contributed by atoms with E-state index in [1.807, 2.05) is 12.1 Å². The maximum absolute atomic E-state index is 5.37. The summed E-state index contributed by atoms with van der Waals surface area (Å²) in [5.41, 5.74) is 1.23. The van der Waals surface area contributed by atoms with Crippen molar-refractivity contribution in [2.75, 3.05) is 13.3 Å². The molecule has 12 heavy (non-hydrogen) atoms. The van der Waals surface area contributed by atoms with Gasteiger partial charge in [-0.05, 0) is 6.07 Å². The summed E-state index contributed by atoms with van der Waals surface area (Å²) >= 11 is 0. The first-order valence-electron chi connectivity index (χ1n) is 4.07. The van der Waals surface area contributed by atoms with Crippen LogP contribution in [-0.4, -0.2) is 13.3 Å². The molecular weight excluding hydrogens is 154 g/mol. The maximum atomic E-state index is 5.37. The molecule has 3 rings (SSSR count). The Bertz CT molecular complexity index is 320. The molecule has 0 amide bonds. The van der Waals surface area contributed by atoms with Crippen molar-refractivity contribution in [2.45, 2.75) is 6.04 Å². The highest BCUT2D eigenvalue weighted by Gasteiger charge is 2.29. The lowest BCUT2D eigenvalue weighted by Crippen LogP contribution is -1.94. The summed E-state index contributed by atoms with van der Waals surface area (Å²) in [5.74, 6) is 1.80. The second-order valence-electron chi connectivity index (χ2n) is 3.04. The van der Waals surface area contributed by atoms with E-state index in [1.165, 1.54) is 5.56 Å². The van der Waals surface area contributed by atoms with E-state index in [1.54, 1.807) is 0 Å². The highest BCUT2D eigenvalue weighted by atomic mass is 16.7. The first-order chi connectivity index (χ1) is 5.95. The lowest BCUT2D eigenvalue weighted by Gasteiger charge is -2.01. The third-order valence-electron chi connectivity index (χ3n) is 2.21. The fourth-order valence-corrected chi connectivity index (χ4v) is 1.51. The van der Waals surface area contributed by atoms with Gasteiger partial charge in [0.2, 0.25) is 6.79 Å². The molecule has 3 heteroatoms. The van der Waals surface area contributed by atoms with Crippen LogP contribution in [0.3, 0.4) is 0 Å². The van der Waals surface area contributed by atoms with Crippen molar-refractivity contribution in [1.82, 2.24) is 5.32 Å². The fourth-order valence-electron chi connectivity index (χ4n) is 1.51. The number of fused-ring (bicyclic) bond motifs is 1. The van der Waals surface area contributed by atoms with Crippen LogP contribution in [0.25, 0.3) is 0 Å². The summed E-state index contributed by atoms with van der Waals surface area (Å²) < 4.78 is 10.6. The number of rotatable bonds is 1. The topological polar surface area (TPSA) is 40.4 Å². The van der Waals surface area contributed by atoms with Crippen LogP contribution in [0.1, 0.15) is 11.6 Å². The van der Waals surface area contributed by atoms with Gasteiger partial charge in [-0.25, -0.2) is 0 Å². The zero-order chi connectivity index (χ0) is 7.97. The highest BCUT2D eigenvalue weighted by Crippen LogP contribution is 2.40. The van der Waals surface area contributed by atoms with Crippen molar-refractivity contribution >= 4 is 0 Å². The minimum Gasteiger partial charge on any atom is -0.454 e. The number of hydrogen-bond acceptors (Lipinski definition) is 3. The van der Waals surface area contributed by atoms with Crippen LogP contribution in [-0.2, 0) is 0 Å². The largest absolute Gasteiger partial charge is 0.454 e. The van der Waals surface area contributed by atoms with Crippen molar-refractivity contribution in [3.63, 3.8) is 0 Å². The predicted octanol–water partition coefficient (Wildman–Crippen LogP) is 1.06. The Hall–Kier alpha value is -1.22. The van der Waals surface area contributed by atoms with E-state index in [4.69, 9.17) is 9.47 Å². The average molecular weight is 163 g/mol. The summed E-state index contributed by atoms with van der Waals surface area (Å²) in [7, 11) is 0. The summed E-state index contributed by atoms with van der Waals surface area (Å²) in [6.07, 6.45) is 0. The molecule has 1 atom stereocenters. The summed E-state index contributed by atoms with van der Waals surface area (Å²) in [6.45, 7) is 1.42. The third kappa shape index (κ3) is 0.800. The molecule has 0 aromatic heterocycles. The van der Waals surface area contributed by atoms with Gasteiger partial charge in [0, 0.05) is 18.2 Å². The first kappa shape index (κ1) is 6.31. The molecule has 1 fully saturated rings. The van der Waals surface area contributed by atoms with Gasteiger partial charge in [-0.15, -0.1) is 0 Å². The zero-order valence-electron chi connectivity index (χ0n) is 6.54. The van der Waals surface area contributed by atoms with Gasteiger partial charge in [0.1, 0.15) is 0 Å². The van der Waals surface area contributed by atoms with Gasteiger partial charge in [0.05, 0.1) is 0 Å². The maximum Gasteiger partial charge on any atom is 0.231 e. The minimum absolute atomic E-state index is 0.360. The van der Waals surface area contributed by atoms with E-state index in [0.717, 1.165) is 18.0 Å². The van der Waals surface area contributed by atoms with Gasteiger partial charge in [0.15, 0.2) is 11.5 Å². The minimum atomic E-state index is 0.360. The molecule has 3 nitrogen and oxygen atoms in total. The van der Waals surface area contributed by atoms with E-state index in [0.29, 0.717) is 12.8 Å². The number of nitrogens with one attached hydrogen (secondary N) is 1. The second kappa shape index (κ2) is 2.14. The molecule has 1 aromatic carbocycles. The van der Waals surface area contributed by atoms with Crippen molar-refractivity contribution in [3.8, 4) is 11.5 Å². The number of benzene rings is 1. The predicted molar refractivity (Wildman–Crippen MR) is 43.3 cm³/mol. The molecule has 1 aromatic rings. The standard InChI is InChI=1S/C9H9NO2/c1-2-6(7-4-10-7)9-8(3-1)11-5-12-9/h1-3,7,10H,4-5H2/t7-/m1/s1. The normalized spacial score (nSPS) is 24.2. The van der Waals surface area contributed by atoms with Crippen LogP contribution in [0.5, 0.6) is 11.5 Å². The van der Waals surface area contributed by atoms with Crippen LogP contribution in [0, 0.1) is 0 Å². The molecule has 0 spiro atoms. The van der Waals surface area contributed by atoms with Crippen molar-refractivity contribution in [1.29, 1.82) is 0 Å². The zero-order valence-corrected chi connectivity index (χ0v) is 6.54. The molecule has 1 N–H and O–H groups in total. The summed E-state index contributed by atoms with van der Waals surface area (Å²) in [5, 5.41) is 3.24. The Morgan fingerprint density at radius 3 is 3.08 bits per heavy atom. The van der Waals surface area contributed by atoms with E-state index >= 15 is 0 Å². The lowest BCUT2D eigenvalue weighted by atomic mass is 10.1. The number of para-hydroxylation sites is 1. The number of hydrogen-bond donors (Lipinski definition) is 1. The lowest BCUT2D eigenvalue weighted by molar-refractivity contribution is 0.173. The van der Waals surface area contributed by atoms with Crippen LogP contribution in [0.15, 0.2) is 18.2 Å². The molecule has 0 radical (unpaired) electrons. The molecule has 2 heterocycles. The molecule has 0 bridgehead atoms. The van der Waals surface area contributed by atoms with Gasteiger partial charge in [-0.2, -0.15) is 0 Å². The Morgan fingerprint density at radius 2 is 2.25 bits per heavy atom. The van der Waals surface area contributed by atoms with Crippen molar-refractivity contribution in [3.05, 3.63) is 23.8 Å². The summed E-state index contributed by atoms with van der Waals surface area (Å²) in [4.78, 5) is 0. The van der Waals surface area contributed by atoms with Gasteiger partial charge in [-0.3, -0.25) is 0 Å². The Labute approximate surface area is 70.3 Å². The molecule has 2 aliphatic rings. The van der Waals surface area contributed by atoms with Gasteiger partial charge < -0.3 is 14.8 Å². The average Bonchev–Trinajstić information content (AvgIpc) is 2.82. The van der Waals surface area contributed by atoms with E-state index < -0.39 is 0 Å². The molecule has 1 saturated heterocycles. The molecule has 62 valence electrons. The van der Waals surface area contributed by atoms with Gasteiger partial charge in [0.25, 0.3) is 0 Å². The van der Waals surface area contributed by atoms with Gasteiger partial charge in [-0.1, -0.05) is 12.1 Å². The second-order valence-corrected chi connectivity index (χ2v) is 3.04. The molecule has 0 saturated carbocycles. The van der Waals surface area contributed by atoms with E-state index in [9.17, 15) is 0 Å². The monoisotopic (exact) mass is 163 g/mol. The van der Waals surface area contributed by atoms with Crippen LogP contribution < -0.4 is 14.8 Å².